The normalized spacial score (nSPS) is 22.8. The molecule has 2 fully saturated rings. The lowest BCUT2D eigenvalue weighted by Crippen LogP contribution is -2.64. The van der Waals surface area contributed by atoms with Gasteiger partial charge < -0.3 is 84.3 Å². The highest BCUT2D eigenvalue weighted by Crippen LogP contribution is 2.23. The number of ether oxygens (including phenoxy) is 1. The fourth-order valence-electron chi connectivity index (χ4n) is 12.0. The number of hydrogen-bond donors (Lipinski definition) is 14. The Balaban J connectivity index is 2.00. The number of likely N-dealkylation sites (tertiary alicyclic amines) is 1. The second-order valence-corrected chi connectivity index (χ2v) is 30.0. The minimum absolute atomic E-state index is 0.0355. The van der Waals surface area contributed by atoms with Crippen LogP contribution in [0.25, 0.3) is 0 Å². The van der Waals surface area contributed by atoms with Crippen LogP contribution in [0.1, 0.15) is 195 Å². The first kappa shape index (κ1) is 90.7. The summed E-state index contributed by atoms with van der Waals surface area (Å²) in [6, 6.07) is -7.67. The van der Waals surface area contributed by atoms with Crippen molar-refractivity contribution in [2.45, 2.75) is 280 Å². The summed E-state index contributed by atoms with van der Waals surface area (Å²) < 4.78 is 5.96. The molecule has 17 atom stereocenters. The van der Waals surface area contributed by atoms with Crippen LogP contribution in [0, 0.1) is 47.3 Å². The van der Waals surface area contributed by atoms with Crippen LogP contribution in [0.5, 0.6) is 0 Å². The zero-order valence-corrected chi connectivity index (χ0v) is 65.2. The van der Waals surface area contributed by atoms with Gasteiger partial charge in [0.25, 0.3) is 5.91 Å². The van der Waals surface area contributed by atoms with Crippen molar-refractivity contribution < 1.29 is 77.0 Å². The molecule has 30 nitrogen and oxygen atoms in total. The summed E-state index contributed by atoms with van der Waals surface area (Å²) in [4.78, 5) is 202. The molecule has 15 N–H and O–H groups in total. The lowest BCUT2D eigenvalue weighted by atomic mass is 9.95. The number of allylic oxidation sites excluding steroid dienone is 1. The third-order valence-corrected chi connectivity index (χ3v) is 19.6. The highest BCUT2D eigenvalue weighted by molar-refractivity contribution is 6.03. The zero-order chi connectivity index (χ0) is 79.4. The van der Waals surface area contributed by atoms with Gasteiger partial charge in [0.05, 0.1) is 6.10 Å². The predicted octanol–water partition coefficient (Wildman–Crippen LogP) is 1.84. The van der Waals surface area contributed by atoms with E-state index < -0.39 is 203 Å². The van der Waals surface area contributed by atoms with Crippen LogP contribution in [0.15, 0.2) is 42.1 Å². The van der Waals surface area contributed by atoms with Gasteiger partial charge in [0.2, 0.25) is 70.9 Å². The van der Waals surface area contributed by atoms with E-state index >= 15 is 9.59 Å². The molecule has 0 bridgehead atoms. The number of carbonyl (C=O) groups excluding carboxylic acids is 14. The average molecular weight is 1480 g/mol. The van der Waals surface area contributed by atoms with E-state index in [2.05, 4.69) is 63.8 Å². The number of rotatable bonds is 33. The Hall–Kier alpha value is -8.54. The number of benzene rings is 1. The van der Waals surface area contributed by atoms with Gasteiger partial charge in [0.1, 0.15) is 84.3 Å². The number of cyclic esters (lactones) is 1. The molecule has 0 aromatic heterocycles. The molecule has 1 aromatic rings. The molecule has 3 unspecified atom stereocenters. The molecule has 2 saturated heterocycles. The molecule has 2 aliphatic heterocycles. The Bertz CT molecular complexity index is 3160. The minimum Gasteiger partial charge on any atom is -0.458 e. The molecule has 105 heavy (non-hydrogen) atoms. The maximum Gasteiger partial charge on any atom is 0.329 e. The van der Waals surface area contributed by atoms with Crippen molar-refractivity contribution in [3.63, 3.8) is 0 Å². The number of aliphatic hydroxyl groups is 1. The topological polar surface area (TPSA) is 442 Å². The highest BCUT2D eigenvalue weighted by atomic mass is 16.5. The van der Waals surface area contributed by atoms with Crippen molar-refractivity contribution in [1.82, 2.24) is 68.7 Å². The van der Waals surface area contributed by atoms with Crippen molar-refractivity contribution >= 4 is 82.8 Å². The van der Waals surface area contributed by atoms with Gasteiger partial charge in [0, 0.05) is 19.4 Å². The summed E-state index contributed by atoms with van der Waals surface area (Å²) in [5.74, 6) is -15.2. The number of nitrogens with one attached hydrogen (secondary N) is 12. The van der Waals surface area contributed by atoms with Gasteiger partial charge in [-0.05, 0) is 112 Å². The summed E-state index contributed by atoms with van der Waals surface area (Å²) in [5, 5.41) is 43.2. The van der Waals surface area contributed by atoms with Crippen LogP contribution in [0.3, 0.4) is 0 Å². The van der Waals surface area contributed by atoms with Gasteiger partial charge in [-0.1, -0.05) is 166 Å². The first-order valence-electron chi connectivity index (χ1n) is 37.5. The van der Waals surface area contributed by atoms with E-state index in [-0.39, 0.29) is 69.1 Å². The van der Waals surface area contributed by atoms with Gasteiger partial charge in [-0.3, -0.25) is 62.3 Å². The maximum atomic E-state index is 15.0. The number of aliphatic hydroxyl groups excluding tert-OH is 1. The number of hydrogen-bond acceptors (Lipinski definition) is 17. The van der Waals surface area contributed by atoms with Crippen LogP contribution < -0.4 is 69.5 Å². The summed E-state index contributed by atoms with van der Waals surface area (Å²) in [6.45, 7) is 31.7. The summed E-state index contributed by atoms with van der Waals surface area (Å²) in [6.07, 6.45) is 1.08. The van der Waals surface area contributed by atoms with E-state index in [0.717, 1.165) is 6.42 Å². The van der Waals surface area contributed by atoms with E-state index in [9.17, 15) is 62.6 Å². The van der Waals surface area contributed by atoms with Gasteiger partial charge in [-0.25, -0.2) is 4.79 Å². The molecule has 0 radical (unpaired) electrons. The number of nitrogens with zero attached hydrogens (tertiary/aromatic N) is 1. The second kappa shape index (κ2) is 43.8. The molecule has 590 valence electrons. The van der Waals surface area contributed by atoms with Crippen LogP contribution in [0.4, 0.5) is 0 Å². The van der Waals surface area contributed by atoms with E-state index in [4.69, 9.17) is 10.5 Å². The Morgan fingerprint density at radius 2 is 1.15 bits per heavy atom. The fourth-order valence-corrected chi connectivity index (χ4v) is 12.0. The number of nitrogens with two attached hydrogens (primary N) is 1. The molecule has 13 amide bonds. The smallest absolute Gasteiger partial charge is 0.329 e. The molecule has 1 aromatic carbocycles. The summed E-state index contributed by atoms with van der Waals surface area (Å²) in [7, 11) is 0. The zero-order valence-electron chi connectivity index (χ0n) is 65.2. The third-order valence-electron chi connectivity index (χ3n) is 19.6. The van der Waals surface area contributed by atoms with Crippen molar-refractivity contribution in [3.8, 4) is 0 Å². The molecule has 0 aliphatic carbocycles. The maximum absolute atomic E-state index is 15.0. The molecular formula is C75H124N14O16. The summed E-state index contributed by atoms with van der Waals surface area (Å²) in [5.41, 5.74) is 6.34. The molecule has 2 heterocycles. The standard InChI is InChI=1S/C75H124N14O16/c1-20-43(15)33-34-53(91)80-54(38(5)6)68(97)87-61(46(18)90)72(101)82-56(40(9)10)69(98)83-57(41(11)12)74(103)89-36-28-32-52(89)66(95)78-50(31-27-35-76)64(93)85-59(44(16)21-2)71(100)88-62-47(19)105-75(104)58(42(13)14)84-63(92)49(23-4)77-65(94)51(37-48-29-25-24-26-30-48)79-67(96)55(39(7)8)81-70(99)60(45(17)22-3)86-73(62)102/h23-26,29-30,38-47,50-52,54-62,90H,20-22,27-28,31-37,76H2,1-19H3,(H,77,94)(H,78,95)(H,79,96)(H,80,91)(H,81,99)(H,82,101)(H,83,98)(H,84,92)(H,85,93)(H,86,102)(H,87,97)(H,88,100)/b49-23-/t43-,44+,45+,46+,47?,50-,51-,52+,54+,55+,56-,57+,58-,59+,60?,61-,62?/m0/s1. The first-order chi connectivity index (χ1) is 49.3. The third kappa shape index (κ3) is 27.4. The monoisotopic (exact) mass is 1480 g/mol. The average Bonchev–Trinajstić information content (AvgIpc) is 1.80. The predicted molar refractivity (Wildman–Crippen MR) is 395 cm³/mol. The first-order valence-corrected chi connectivity index (χ1v) is 37.5. The Morgan fingerprint density at radius 1 is 0.610 bits per heavy atom. The van der Waals surface area contributed by atoms with Gasteiger partial charge in [-0.2, -0.15) is 0 Å². The van der Waals surface area contributed by atoms with Crippen LogP contribution in [-0.2, 0) is 78.3 Å². The molecule has 3 rings (SSSR count). The van der Waals surface area contributed by atoms with Crippen molar-refractivity contribution in [3.05, 3.63) is 47.7 Å². The molecule has 2 aliphatic rings. The van der Waals surface area contributed by atoms with E-state index in [1.54, 1.807) is 127 Å². The minimum atomic E-state index is -1.83. The van der Waals surface area contributed by atoms with Crippen LogP contribution >= 0.6 is 0 Å². The van der Waals surface area contributed by atoms with Gasteiger partial charge in [-0.15, -0.1) is 0 Å². The van der Waals surface area contributed by atoms with Gasteiger partial charge in [0.15, 0.2) is 0 Å². The Kier molecular flexibility index (Phi) is 37.8. The van der Waals surface area contributed by atoms with Crippen LogP contribution in [-0.4, -0.2) is 191 Å². The number of carbonyl (C=O) groups is 14. The summed E-state index contributed by atoms with van der Waals surface area (Å²) >= 11 is 0. The van der Waals surface area contributed by atoms with Crippen LogP contribution in [0.2, 0.25) is 0 Å². The van der Waals surface area contributed by atoms with Crippen molar-refractivity contribution in [2.24, 2.45) is 53.1 Å². The van der Waals surface area contributed by atoms with Crippen molar-refractivity contribution in [1.29, 1.82) is 0 Å². The number of esters is 1. The SMILES string of the molecule is C/C=C1\NC(=O)[C@H](Cc2ccccc2)NC(=O)[C@@H](C(C)C)NC(=O)C([C@H](C)CC)NC(=O)C(NC(=O)[C@H](NC(=O)[C@H](CCCN)NC(=O)[C@H]2CCCN2C(=O)[C@H](NC(=O)[C@@H](NC(=O)[C@@H](NC(=O)[C@H](NC(=O)CC[C@@H](C)CC)C(C)C)[C@@H](C)O)C(C)C)C(C)C)[C@H](C)CC)C(C)OC(=O)[C@H](C(C)C)NC1=O. The molecule has 30 heteroatoms. The second-order valence-electron chi connectivity index (χ2n) is 30.0. The van der Waals surface area contributed by atoms with E-state index in [0.29, 0.717) is 24.8 Å². The highest BCUT2D eigenvalue weighted by Gasteiger charge is 2.44. The molecule has 0 saturated carbocycles. The van der Waals surface area contributed by atoms with Gasteiger partial charge >= 0.3 is 5.97 Å². The Labute approximate surface area is 620 Å². The lowest BCUT2D eigenvalue weighted by Gasteiger charge is -2.33. The van der Waals surface area contributed by atoms with Crippen molar-refractivity contribution in [2.75, 3.05) is 13.1 Å². The molecule has 0 spiro atoms. The van der Waals surface area contributed by atoms with E-state index in [1.165, 1.54) is 31.7 Å². The fraction of sp³-hybridized carbons (Fsp3) is 0.707. The largest absolute Gasteiger partial charge is 0.458 e. The quantitative estimate of drug-likeness (QED) is 0.0353. The van der Waals surface area contributed by atoms with E-state index in [1.807, 2.05) is 13.8 Å². The molecular weight excluding hydrogens is 1350 g/mol. The Morgan fingerprint density at radius 3 is 1.69 bits per heavy atom. The number of amides is 13. The lowest BCUT2D eigenvalue weighted by molar-refractivity contribution is -0.157.